The Morgan fingerprint density at radius 3 is 2.70 bits per heavy atom. The fourth-order valence-corrected chi connectivity index (χ4v) is 4.47. The first-order valence-electron chi connectivity index (χ1n) is 10.2. The second-order valence-electron chi connectivity index (χ2n) is 7.23. The van der Waals surface area contributed by atoms with E-state index in [-0.39, 0.29) is 11.2 Å². The normalized spacial score (nSPS) is 16.0. The van der Waals surface area contributed by atoms with Gasteiger partial charge in [-0.2, -0.15) is 0 Å². The third-order valence-corrected chi connectivity index (χ3v) is 6.36. The standard InChI is InChI=1S/C21H26N6O2S/c1-3-25-9-11-26(12-10-25)20(28)16(2)30-21-24-23-19(17-6-4-8-22-14-17)27(21)15-18-7-5-13-29-18/h4-8,13-14,16H,3,9-12,15H2,1-2H3. The van der Waals surface area contributed by atoms with Crippen LogP contribution in [0.1, 0.15) is 19.6 Å². The fraction of sp³-hybridized carbons (Fsp3) is 0.429. The molecule has 8 nitrogen and oxygen atoms in total. The summed E-state index contributed by atoms with van der Waals surface area (Å²) in [5.41, 5.74) is 0.873. The van der Waals surface area contributed by atoms with Gasteiger partial charge in [0.1, 0.15) is 5.76 Å². The molecule has 1 saturated heterocycles. The van der Waals surface area contributed by atoms with Crippen molar-refractivity contribution in [3.8, 4) is 11.4 Å². The van der Waals surface area contributed by atoms with E-state index in [1.54, 1.807) is 18.7 Å². The number of hydrogen-bond acceptors (Lipinski definition) is 7. The molecule has 1 fully saturated rings. The number of carbonyl (C=O) groups excluding carboxylic acids is 1. The Bertz CT molecular complexity index is 951. The number of amides is 1. The number of thioether (sulfide) groups is 1. The van der Waals surface area contributed by atoms with Crippen molar-refractivity contribution in [2.75, 3.05) is 32.7 Å². The van der Waals surface area contributed by atoms with Crippen LogP contribution in [0.3, 0.4) is 0 Å². The first-order chi connectivity index (χ1) is 14.7. The monoisotopic (exact) mass is 426 g/mol. The SMILES string of the molecule is CCN1CCN(C(=O)C(C)Sc2nnc(-c3cccnc3)n2Cc2ccco2)CC1. The molecule has 30 heavy (non-hydrogen) atoms. The molecule has 0 spiro atoms. The predicted octanol–water partition coefficient (Wildman–Crippen LogP) is 2.63. The van der Waals surface area contributed by atoms with E-state index in [0.717, 1.165) is 44.0 Å². The molecule has 3 aromatic heterocycles. The number of furan rings is 1. The Kier molecular flexibility index (Phi) is 6.49. The first kappa shape index (κ1) is 20.6. The van der Waals surface area contributed by atoms with Crippen molar-refractivity contribution < 1.29 is 9.21 Å². The van der Waals surface area contributed by atoms with Gasteiger partial charge in [0, 0.05) is 44.1 Å². The van der Waals surface area contributed by atoms with Crippen LogP contribution in [0.15, 0.2) is 52.5 Å². The summed E-state index contributed by atoms with van der Waals surface area (Å²) in [6.45, 7) is 9.02. The molecule has 3 aromatic rings. The van der Waals surface area contributed by atoms with Gasteiger partial charge in [-0.15, -0.1) is 10.2 Å². The van der Waals surface area contributed by atoms with Crippen LogP contribution in [0.25, 0.3) is 11.4 Å². The molecule has 1 unspecified atom stereocenters. The Labute approximate surface area is 180 Å². The van der Waals surface area contributed by atoms with E-state index in [9.17, 15) is 4.79 Å². The summed E-state index contributed by atoms with van der Waals surface area (Å²) in [6, 6.07) is 7.60. The Balaban J connectivity index is 1.53. The number of nitrogens with zero attached hydrogens (tertiary/aromatic N) is 6. The zero-order chi connectivity index (χ0) is 20.9. The molecule has 0 aliphatic carbocycles. The number of likely N-dealkylation sites (N-methyl/N-ethyl adjacent to an activating group) is 1. The van der Waals surface area contributed by atoms with Crippen molar-refractivity contribution in [3.05, 3.63) is 48.7 Å². The smallest absolute Gasteiger partial charge is 0.235 e. The van der Waals surface area contributed by atoms with Gasteiger partial charge in [0.2, 0.25) is 5.91 Å². The van der Waals surface area contributed by atoms with Gasteiger partial charge in [-0.1, -0.05) is 18.7 Å². The topological polar surface area (TPSA) is 80.3 Å². The number of carbonyl (C=O) groups is 1. The van der Waals surface area contributed by atoms with Gasteiger partial charge in [-0.25, -0.2) is 0 Å². The molecule has 0 saturated carbocycles. The van der Waals surface area contributed by atoms with Crippen LogP contribution < -0.4 is 0 Å². The highest BCUT2D eigenvalue weighted by molar-refractivity contribution is 8.00. The number of aromatic nitrogens is 4. The third-order valence-electron chi connectivity index (χ3n) is 5.29. The Hall–Kier alpha value is -2.65. The summed E-state index contributed by atoms with van der Waals surface area (Å²) in [4.78, 5) is 21.5. The van der Waals surface area contributed by atoms with E-state index >= 15 is 0 Å². The zero-order valence-corrected chi connectivity index (χ0v) is 18.1. The second kappa shape index (κ2) is 9.44. The molecule has 0 bridgehead atoms. The minimum absolute atomic E-state index is 0.145. The second-order valence-corrected chi connectivity index (χ2v) is 8.54. The van der Waals surface area contributed by atoms with Gasteiger partial charge in [0.05, 0.1) is 18.1 Å². The van der Waals surface area contributed by atoms with Crippen LogP contribution in [0.5, 0.6) is 0 Å². The van der Waals surface area contributed by atoms with Crippen LogP contribution in [0, 0.1) is 0 Å². The molecule has 1 aliphatic rings. The average molecular weight is 427 g/mol. The van der Waals surface area contributed by atoms with E-state index in [1.165, 1.54) is 11.8 Å². The van der Waals surface area contributed by atoms with Crippen LogP contribution in [-0.4, -0.2) is 73.4 Å². The third kappa shape index (κ3) is 4.57. The van der Waals surface area contributed by atoms with Gasteiger partial charge in [-0.05, 0) is 37.7 Å². The predicted molar refractivity (Wildman–Crippen MR) is 115 cm³/mol. The maximum absolute atomic E-state index is 13.0. The van der Waals surface area contributed by atoms with Gasteiger partial charge >= 0.3 is 0 Å². The van der Waals surface area contributed by atoms with Crippen molar-refractivity contribution in [1.29, 1.82) is 0 Å². The molecule has 4 rings (SSSR count). The molecule has 1 amide bonds. The number of rotatable bonds is 7. The Morgan fingerprint density at radius 2 is 2.03 bits per heavy atom. The van der Waals surface area contributed by atoms with Crippen molar-refractivity contribution >= 4 is 17.7 Å². The highest BCUT2D eigenvalue weighted by Crippen LogP contribution is 2.28. The van der Waals surface area contributed by atoms with Crippen LogP contribution in [-0.2, 0) is 11.3 Å². The highest BCUT2D eigenvalue weighted by atomic mass is 32.2. The highest BCUT2D eigenvalue weighted by Gasteiger charge is 2.27. The van der Waals surface area contributed by atoms with Crippen LogP contribution in [0.4, 0.5) is 0 Å². The fourth-order valence-electron chi connectivity index (χ4n) is 3.54. The van der Waals surface area contributed by atoms with Gasteiger partial charge in [-0.3, -0.25) is 14.3 Å². The molecular formula is C21H26N6O2S. The lowest BCUT2D eigenvalue weighted by Gasteiger charge is -2.35. The summed E-state index contributed by atoms with van der Waals surface area (Å²) in [5, 5.41) is 9.23. The molecule has 1 atom stereocenters. The molecule has 0 N–H and O–H groups in total. The number of pyridine rings is 1. The van der Waals surface area contributed by atoms with Crippen molar-refractivity contribution in [1.82, 2.24) is 29.5 Å². The lowest BCUT2D eigenvalue weighted by Crippen LogP contribution is -2.50. The number of hydrogen-bond donors (Lipinski definition) is 0. The van der Waals surface area contributed by atoms with E-state index in [4.69, 9.17) is 4.42 Å². The van der Waals surface area contributed by atoms with Crippen molar-refractivity contribution in [3.63, 3.8) is 0 Å². The molecule has 1 aliphatic heterocycles. The lowest BCUT2D eigenvalue weighted by molar-refractivity contribution is -0.132. The molecule has 0 radical (unpaired) electrons. The van der Waals surface area contributed by atoms with Gasteiger partial charge < -0.3 is 14.2 Å². The van der Waals surface area contributed by atoms with E-state index in [0.29, 0.717) is 17.5 Å². The maximum atomic E-state index is 13.0. The Morgan fingerprint density at radius 1 is 1.20 bits per heavy atom. The van der Waals surface area contributed by atoms with Crippen LogP contribution >= 0.6 is 11.8 Å². The summed E-state index contributed by atoms with van der Waals surface area (Å²) in [5.74, 6) is 1.65. The maximum Gasteiger partial charge on any atom is 0.235 e. The summed E-state index contributed by atoms with van der Waals surface area (Å²) < 4.78 is 7.53. The molecule has 9 heteroatoms. The summed E-state index contributed by atoms with van der Waals surface area (Å²) in [7, 11) is 0. The van der Waals surface area contributed by atoms with Gasteiger partial charge in [0.15, 0.2) is 11.0 Å². The summed E-state index contributed by atoms with van der Waals surface area (Å²) >= 11 is 1.44. The average Bonchev–Trinajstić information content (AvgIpc) is 3.44. The molecule has 4 heterocycles. The van der Waals surface area contributed by atoms with E-state index < -0.39 is 0 Å². The van der Waals surface area contributed by atoms with E-state index in [1.807, 2.05) is 40.7 Å². The van der Waals surface area contributed by atoms with Crippen molar-refractivity contribution in [2.45, 2.75) is 30.8 Å². The largest absolute Gasteiger partial charge is 0.467 e. The van der Waals surface area contributed by atoms with Crippen LogP contribution in [0.2, 0.25) is 0 Å². The zero-order valence-electron chi connectivity index (χ0n) is 17.3. The molecule has 158 valence electrons. The molecule has 0 aromatic carbocycles. The summed E-state index contributed by atoms with van der Waals surface area (Å²) in [6.07, 6.45) is 5.14. The minimum Gasteiger partial charge on any atom is -0.467 e. The minimum atomic E-state index is -0.250. The molecular weight excluding hydrogens is 400 g/mol. The number of piperazine rings is 1. The van der Waals surface area contributed by atoms with E-state index in [2.05, 4.69) is 27.0 Å². The lowest BCUT2D eigenvalue weighted by atomic mass is 10.2. The first-order valence-corrected chi connectivity index (χ1v) is 11.1. The van der Waals surface area contributed by atoms with Crippen molar-refractivity contribution in [2.24, 2.45) is 0 Å². The van der Waals surface area contributed by atoms with Gasteiger partial charge in [0.25, 0.3) is 0 Å². The quantitative estimate of drug-likeness (QED) is 0.537.